The summed E-state index contributed by atoms with van der Waals surface area (Å²) in [7, 11) is 1.67. The van der Waals surface area contributed by atoms with Gasteiger partial charge in [0.2, 0.25) is 5.91 Å². The van der Waals surface area contributed by atoms with Crippen LogP contribution >= 0.6 is 12.4 Å². The van der Waals surface area contributed by atoms with Gasteiger partial charge in [-0.15, -0.1) is 12.4 Å². The van der Waals surface area contributed by atoms with E-state index >= 15 is 0 Å². The van der Waals surface area contributed by atoms with Crippen LogP contribution < -0.4 is 10.5 Å². The first-order chi connectivity index (χ1) is 11.1. The second kappa shape index (κ2) is 8.21. The highest BCUT2D eigenvalue weighted by Crippen LogP contribution is 2.38. The zero-order chi connectivity index (χ0) is 16.4. The number of carbonyl (C=O) groups excluding carboxylic acids is 1. The summed E-state index contributed by atoms with van der Waals surface area (Å²) in [4.78, 5) is 14.8. The molecule has 2 fully saturated rings. The molecule has 4 atom stereocenters. The molecule has 2 N–H and O–H groups in total. The number of hydrogen-bond donors (Lipinski definition) is 1. The molecular formula is C19H29ClN2O2. The molecule has 0 bridgehead atoms. The van der Waals surface area contributed by atoms with E-state index in [0.717, 1.165) is 31.7 Å². The van der Waals surface area contributed by atoms with Crippen molar-refractivity contribution in [1.29, 1.82) is 0 Å². The summed E-state index contributed by atoms with van der Waals surface area (Å²) in [6, 6.07) is 8.40. The zero-order valence-electron chi connectivity index (χ0n) is 14.6. The molecule has 1 saturated heterocycles. The molecule has 1 heterocycles. The monoisotopic (exact) mass is 352 g/mol. The van der Waals surface area contributed by atoms with E-state index in [4.69, 9.17) is 10.5 Å². The second-order valence-corrected chi connectivity index (χ2v) is 7.05. The molecule has 4 nitrogen and oxygen atoms in total. The first-order valence-corrected chi connectivity index (χ1v) is 8.79. The molecule has 1 aliphatic heterocycles. The van der Waals surface area contributed by atoms with E-state index < -0.39 is 0 Å². The number of ether oxygens (including phenoxy) is 1. The molecule has 1 aromatic carbocycles. The minimum Gasteiger partial charge on any atom is -0.497 e. The van der Waals surface area contributed by atoms with Crippen molar-refractivity contribution in [3.8, 4) is 5.75 Å². The number of carbonyl (C=O) groups is 1. The van der Waals surface area contributed by atoms with Crippen LogP contribution in [0.15, 0.2) is 24.3 Å². The predicted octanol–water partition coefficient (Wildman–Crippen LogP) is 3.20. The van der Waals surface area contributed by atoms with E-state index in [1.54, 1.807) is 7.11 Å². The third-order valence-corrected chi connectivity index (χ3v) is 5.77. The molecule has 1 amide bonds. The smallest absolute Gasteiger partial charge is 0.223 e. The number of halogens is 1. The van der Waals surface area contributed by atoms with Gasteiger partial charge < -0.3 is 15.4 Å². The molecule has 134 valence electrons. The predicted molar refractivity (Wildman–Crippen MR) is 98.7 cm³/mol. The first-order valence-electron chi connectivity index (χ1n) is 8.79. The van der Waals surface area contributed by atoms with E-state index in [9.17, 15) is 4.79 Å². The lowest BCUT2D eigenvalue weighted by Crippen LogP contribution is -2.34. The van der Waals surface area contributed by atoms with Gasteiger partial charge >= 0.3 is 0 Å². The van der Waals surface area contributed by atoms with Crippen molar-refractivity contribution < 1.29 is 9.53 Å². The van der Waals surface area contributed by atoms with Gasteiger partial charge in [0.25, 0.3) is 0 Å². The van der Waals surface area contributed by atoms with Gasteiger partial charge in [0.05, 0.1) is 7.11 Å². The van der Waals surface area contributed by atoms with Crippen molar-refractivity contribution in [2.45, 2.75) is 44.6 Å². The first kappa shape index (κ1) is 19.1. The molecule has 0 spiro atoms. The van der Waals surface area contributed by atoms with Crippen LogP contribution in [0.2, 0.25) is 0 Å². The maximum atomic E-state index is 12.7. The normalized spacial score (nSPS) is 26.6. The minimum absolute atomic E-state index is 0. The summed E-state index contributed by atoms with van der Waals surface area (Å²) < 4.78 is 5.21. The quantitative estimate of drug-likeness (QED) is 0.885. The third kappa shape index (κ3) is 3.86. The van der Waals surface area contributed by atoms with Gasteiger partial charge in [0, 0.05) is 25.6 Å². The van der Waals surface area contributed by atoms with Gasteiger partial charge in [-0.1, -0.05) is 19.1 Å². The van der Waals surface area contributed by atoms with Gasteiger partial charge in [0.1, 0.15) is 5.75 Å². The zero-order valence-corrected chi connectivity index (χ0v) is 15.4. The van der Waals surface area contributed by atoms with Crippen LogP contribution in [0.5, 0.6) is 5.75 Å². The fraction of sp³-hybridized carbons (Fsp3) is 0.632. The fourth-order valence-electron chi connectivity index (χ4n) is 4.22. The molecule has 2 aliphatic rings. The van der Waals surface area contributed by atoms with Crippen molar-refractivity contribution in [2.75, 3.05) is 20.2 Å². The lowest BCUT2D eigenvalue weighted by atomic mass is 9.92. The summed E-state index contributed by atoms with van der Waals surface area (Å²) in [6.45, 7) is 3.93. The second-order valence-electron chi connectivity index (χ2n) is 7.05. The summed E-state index contributed by atoms with van der Waals surface area (Å²) in [5, 5.41) is 0. The SMILES string of the molecule is CCC(CC(=O)N1CC2CCC(N)C2C1)c1ccc(OC)cc1.Cl. The largest absolute Gasteiger partial charge is 0.497 e. The van der Waals surface area contributed by atoms with Crippen LogP contribution in [-0.4, -0.2) is 37.0 Å². The number of amides is 1. The standard InChI is InChI=1S/C19H28N2O2.ClH/c1-3-13(14-4-7-16(23-2)8-5-14)10-19(22)21-11-15-6-9-18(20)17(15)12-21;/h4-5,7-8,13,15,17-18H,3,6,9-12,20H2,1-2H3;1H. The van der Waals surface area contributed by atoms with Gasteiger partial charge in [-0.05, 0) is 54.7 Å². The van der Waals surface area contributed by atoms with E-state index in [-0.39, 0.29) is 24.2 Å². The fourth-order valence-corrected chi connectivity index (χ4v) is 4.22. The van der Waals surface area contributed by atoms with E-state index in [2.05, 4.69) is 24.0 Å². The summed E-state index contributed by atoms with van der Waals surface area (Å²) in [5.74, 6) is 2.59. The Morgan fingerprint density at radius 3 is 2.58 bits per heavy atom. The van der Waals surface area contributed by atoms with Crippen molar-refractivity contribution >= 4 is 18.3 Å². The number of likely N-dealkylation sites (tertiary alicyclic amines) is 1. The lowest BCUT2D eigenvalue weighted by Gasteiger charge is -2.22. The Bertz CT molecular complexity index is 549. The highest BCUT2D eigenvalue weighted by Gasteiger charge is 2.42. The van der Waals surface area contributed by atoms with Crippen molar-refractivity contribution in [1.82, 2.24) is 4.90 Å². The van der Waals surface area contributed by atoms with Crippen LogP contribution in [0, 0.1) is 11.8 Å². The molecule has 4 unspecified atom stereocenters. The maximum Gasteiger partial charge on any atom is 0.223 e. The molecule has 24 heavy (non-hydrogen) atoms. The molecule has 3 rings (SSSR count). The van der Waals surface area contributed by atoms with Crippen molar-refractivity contribution in [3.63, 3.8) is 0 Å². The van der Waals surface area contributed by atoms with Gasteiger partial charge in [-0.3, -0.25) is 4.79 Å². The Morgan fingerprint density at radius 2 is 2.00 bits per heavy atom. The third-order valence-electron chi connectivity index (χ3n) is 5.77. The van der Waals surface area contributed by atoms with Crippen LogP contribution in [0.1, 0.15) is 44.1 Å². The number of methoxy groups -OCH3 is 1. The molecule has 1 aliphatic carbocycles. The van der Waals surface area contributed by atoms with Crippen LogP contribution in [0.25, 0.3) is 0 Å². The van der Waals surface area contributed by atoms with Gasteiger partial charge in [-0.25, -0.2) is 0 Å². The van der Waals surface area contributed by atoms with Gasteiger partial charge in [0.15, 0.2) is 0 Å². The Morgan fingerprint density at radius 1 is 1.29 bits per heavy atom. The molecule has 1 aromatic rings. The Labute approximate surface area is 151 Å². The summed E-state index contributed by atoms with van der Waals surface area (Å²) in [5.41, 5.74) is 7.40. The van der Waals surface area contributed by atoms with E-state index in [0.29, 0.717) is 24.3 Å². The number of fused-ring (bicyclic) bond motifs is 1. The Balaban J connectivity index is 0.00000208. The van der Waals surface area contributed by atoms with Crippen LogP contribution in [0.3, 0.4) is 0 Å². The molecule has 1 saturated carbocycles. The van der Waals surface area contributed by atoms with Crippen molar-refractivity contribution in [3.05, 3.63) is 29.8 Å². The number of hydrogen-bond acceptors (Lipinski definition) is 3. The Kier molecular flexibility index (Phi) is 6.53. The maximum absolute atomic E-state index is 12.7. The number of nitrogens with two attached hydrogens (primary N) is 1. The van der Waals surface area contributed by atoms with Crippen LogP contribution in [-0.2, 0) is 4.79 Å². The van der Waals surface area contributed by atoms with Crippen molar-refractivity contribution in [2.24, 2.45) is 17.6 Å². The minimum atomic E-state index is 0. The lowest BCUT2D eigenvalue weighted by molar-refractivity contribution is -0.130. The highest BCUT2D eigenvalue weighted by molar-refractivity contribution is 5.85. The van der Waals surface area contributed by atoms with Crippen LogP contribution in [0.4, 0.5) is 0 Å². The Hall–Kier alpha value is -1.26. The van der Waals surface area contributed by atoms with Gasteiger partial charge in [-0.2, -0.15) is 0 Å². The van der Waals surface area contributed by atoms with E-state index in [1.807, 2.05) is 12.1 Å². The molecule has 0 aromatic heterocycles. The molecular weight excluding hydrogens is 324 g/mol. The topological polar surface area (TPSA) is 55.6 Å². The number of rotatable bonds is 5. The molecule has 0 radical (unpaired) electrons. The average Bonchev–Trinajstić information content (AvgIpc) is 3.15. The average molecular weight is 353 g/mol. The number of nitrogens with zero attached hydrogens (tertiary/aromatic N) is 1. The highest BCUT2D eigenvalue weighted by atomic mass is 35.5. The number of benzene rings is 1. The molecule has 5 heteroatoms. The van der Waals surface area contributed by atoms with E-state index in [1.165, 1.54) is 12.0 Å². The summed E-state index contributed by atoms with van der Waals surface area (Å²) in [6.07, 6.45) is 3.88. The summed E-state index contributed by atoms with van der Waals surface area (Å²) >= 11 is 0.